The fraction of sp³-hybridized carbons (Fsp3) is 0.294. The monoisotopic (exact) mass is 349 g/mol. The minimum atomic E-state index is -0.777. The van der Waals surface area contributed by atoms with Crippen molar-refractivity contribution >= 4 is 40.7 Å². The second-order valence-electron chi connectivity index (χ2n) is 5.16. The summed E-state index contributed by atoms with van der Waals surface area (Å²) in [5.74, 6) is 0.327. The van der Waals surface area contributed by atoms with Crippen molar-refractivity contribution in [2.24, 2.45) is 0 Å². The van der Waals surface area contributed by atoms with Crippen LogP contribution in [0, 0.1) is 0 Å². The molecule has 0 aliphatic rings. The van der Waals surface area contributed by atoms with Gasteiger partial charge in [0, 0.05) is 17.2 Å². The average molecular weight is 349 g/mol. The van der Waals surface area contributed by atoms with E-state index in [1.54, 1.807) is 23.1 Å². The standard InChI is InChI=1S/C17H19NO3S2/c1-12(14-5-7-23-11-14)17(21)18-15-4-2-3-13(9-15)10-22-8-6-16(19)20/h2-5,7,9,11-12H,6,8,10H2,1H3,(H,18,21)(H,19,20). The van der Waals surface area contributed by atoms with Gasteiger partial charge in [-0.25, -0.2) is 0 Å². The zero-order valence-electron chi connectivity index (χ0n) is 12.8. The van der Waals surface area contributed by atoms with Gasteiger partial charge >= 0.3 is 5.97 Å². The van der Waals surface area contributed by atoms with Crippen molar-refractivity contribution in [2.75, 3.05) is 11.1 Å². The SMILES string of the molecule is CC(C(=O)Nc1cccc(CSCCC(=O)O)c1)c1ccsc1. The van der Waals surface area contributed by atoms with Crippen molar-refractivity contribution in [3.63, 3.8) is 0 Å². The van der Waals surface area contributed by atoms with E-state index in [0.717, 1.165) is 22.6 Å². The highest BCUT2D eigenvalue weighted by Crippen LogP contribution is 2.22. The Kier molecular flexibility index (Phi) is 6.67. The molecule has 0 aliphatic heterocycles. The van der Waals surface area contributed by atoms with Crippen LogP contribution in [0.4, 0.5) is 5.69 Å². The maximum Gasteiger partial charge on any atom is 0.304 e. The van der Waals surface area contributed by atoms with Crippen LogP contribution in [-0.4, -0.2) is 22.7 Å². The molecule has 1 aromatic heterocycles. The maximum atomic E-state index is 12.3. The van der Waals surface area contributed by atoms with Gasteiger partial charge in [-0.3, -0.25) is 9.59 Å². The molecule has 4 nitrogen and oxygen atoms in total. The number of nitrogens with one attached hydrogen (secondary N) is 1. The van der Waals surface area contributed by atoms with E-state index >= 15 is 0 Å². The molecular weight excluding hydrogens is 330 g/mol. The van der Waals surface area contributed by atoms with Gasteiger partial charge in [0.1, 0.15) is 0 Å². The van der Waals surface area contributed by atoms with E-state index in [1.807, 2.05) is 48.0 Å². The molecule has 0 aliphatic carbocycles. The largest absolute Gasteiger partial charge is 0.481 e. The molecule has 6 heteroatoms. The highest BCUT2D eigenvalue weighted by Gasteiger charge is 2.15. The van der Waals surface area contributed by atoms with Gasteiger partial charge in [-0.15, -0.1) is 0 Å². The van der Waals surface area contributed by atoms with Crippen LogP contribution in [-0.2, 0) is 15.3 Å². The van der Waals surface area contributed by atoms with E-state index < -0.39 is 5.97 Å². The summed E-state index contributed by atoms with van der Waals surface area (Å²) in [5, 5.41) is 15.5. The third-order valence-electron chi connectivity index (χ3n) is 3.36. The lowest BCUT2D eigenvalue weighted by atomic mass is 10.0. The highest BCUT2D eigenvalue weighted by molar-refractivity contribution is 7.98. The Morgan fingerprint density at radius 3 is 2.87 bits per heavy atom. The number of carboxylic acid groups (broad SMARTS) is 1. The molecule has 2 N–H and O–H groups in total. The molecule has 1 unspecified atom stereocenters. The number of carboxylic acids is 1. The first kappa shape index (κ1) is 17.6. The molecular formula is C17H19NO3S2. The van der Waals surface area contributed by atoms with Crippen LogP contribution in [0.3, 0.4) is 0 Å². The van der Waals surface area contributed by atoms with Crippen LogP contribution in [0.15, 0.2) is 41.1 Å². The summed E-state index contributed by atoms with van der Waals surface area (Å²) in [7, 11) is 0. The molecule has 0 bridgehead atoms. The normalized spacial score (nSPS) is 11.9. The summed E-state index contributed by atoms with van der Waals surface area (Å²) in [5.41, 5.74) is 2.86. The van der Waals surface area contributed by atoms with Gasteiger partial charge in [0.05, 0.1) is 12.3 Å². The van der Waals surface area contributed by atoms with Crippen molar-refractivity contribution in [3.05, 3.63) is 52.2 Å². The number of aliphatic carboxylic acids is 1. The molecule has 0 fully saturated rings. The molecule has 23 heavy (non-hydrogen) atoms. The van der Waals surface area contributed by atoms with Crippen molar-refractivity contribution in [1.82, 2.24) is 0 Å². The van der Waals surface area contributed by atoms with Crippen molar-refractivity contribution < 1.29 is 14.7 Å². The zero-order valence-corrected chi connectivity index (χ0v) is 14.5. The van der Waals surface area contributed by atoms with Gasteiger partial charge < -0.3 is 10.4 Å². The van der Waals surface area contributed by atoms with Gasteiger partial charge in [0.25, 0.3) is 0 Å². The number of hydrogen-bond acceptors (Lipinski definition) is 4. The molecule has 0 saturated heterocycles. The molecule has 122 valence electrons. The number of carbonyl (C=O) groups is 2. The number of hydrogen-bond donors (Lipinski definition) is 2. The number of rotatable bonds is 8. The minimum Gasteiger partial charge on any atom is -0.481 e. The van der Waals surface area contributed by atoms with Gasteiger partial charge in [-0.1, -0.05) is 12.1 Å². The fourth-order valence-corrected chi connectivity index (χ4v) is 3.64. The fourth-order valence-electron chi connectivity index (χ4n) is 2.01. The first-order chi connectivity index (χ1) is 11.1. The molecule has 1 heterocycles. The lowest BCUT2D eigenvalue weighted by molar-refractivity contribution is -0.136. The van der Waals surface area contributed by atoms with Gasteiger partial charge in [0.2, 0.25) is 5.91 Å². The first-order valence-electron chi connectivity index (χ1n) is 7.27. The predicted molar refractivity (Wildman–Crippen MR) is 96.2 cm³/mol. The average Bonchev–Trinajstić information content (AvgIpc) is 3.05. The van der Waals surface area contributed by atoms with Crippen molar-refractivity contribution in [3.8, 4) is 0 Å². The molecule has 0 saturated carbocycles. The number of benzene rings is 1. The summed E-state index contributed by atoms with van der Waals surface area (Å²) in [6.45, 7) is 1.89. The van der Waals surface area contributed by atoms with E-state index in [1.165, 1.54) is 0 Å². The Balaban J connectivity index is 1.89. The van der Waals surface area contributed by atoms with Crippen molar-refractivity contribution in [2.45, 2.75) is 25.0 Å². The second kappa shape index (κ2) is 8.74. The Labute approximate surface area is 143 Å². The maximum absolute atomic E-state index is 12.3. The lowest BCUT2D eigenvalue weighted by Gasteiger charge is -2.12. The van der Waals surface area contributed by atoms with Crippen LogP contribution in [0.1, 0.15) is 30.4 Å². The summed E-state index contributed by atoms with van der Waals surface area (Å²) in [6, 6.07) is 9.64. The summed E-state index contributed by atoms with van der Waals surface area (Å²) >= 11 is 3.16. The quantitative estimate of drug-likeness (QED) is 0.701. The number of anilines is 1. The first-order valence-corrected chi connectivity index (χ1v) is 9.37. The summed E-state index contributed by atoms with van der Waals surface area (Å²) in [6.07, 6.45) is 0.166. The van der Waals surface area contributed by atoms with Gasteiger partial charge in [-0.05, 0) is 47.0 Å². The minimum absolute atomic E-state index is 0.0286. The van der Waals surface area contributed by atoms with E-state index in [0.29, 0.717) is 5.75 Å². The molecule has 0 spiro atoms. The number of thioether (sulfide) groups is 1. The van der Waals surface area contributed by atoms with Gasteiger partial charge in [0.15, 0.2) is 0 Å². The lowest BCUT2D eigenvalue weighted by Crippen LogP contribution is -2.18. The third kappa shape index (κ3) is 5.73. The number of carbonyl (C=O) groups excluding carboxylic acids is 1. The summed E-state index contributed by atoms with van der Waals surface area (Å²) < 4.78 is 0. The van der Waals surface area contributed by atoms with E-state index in [4.69, 9.17) is 5.11 Å². The zero-order chi connectivity index (χ0) is 16.7. The molecule has 1 amide bonds. The second-order valence-corrected chi connectivity index (χ2v) is 7.05. The molecule has 2 aromatic rings. The Morgan fingerprint density at radius 1 is 1.35 bits per heavy atom. The van der Waals surface area contributed by atoms with Crippen LogP contribution in [0.5, 0.6) is 0 Å². The molecule has 2 rings (SSSR count). The van der Waals surface area contributed by atoms with Crippen molar-refractivity contribution in [1.29, 1.82) is 0 Å². The van der Waals surface area contributed by atoms with Gasteiger partial charge in [-0.2, -0.15) is 23.1 Å². The van der Waals surface area contributed by atoms with Crippen LogP contribution >= 0.6 is 23.1 Å². The topological polar surface area (TPSA) is 66.4 Å². The highest BCUT2D eigenvalue weighted by atomic mass is 32.2. The van der Waals surface area contributed by atoms with E-state index in [9.17, 15) is 9.59 Å². The van der Waals surface area contributed by atoms with Crippen LogP contribution in [0.25, 0.3) is 0 Å². The molecule has 1 atom stereocenters. The third-order valence-corrected chi connectivity index (χ3v) is 5.09. The number of thiophene rings is 1. The van der Waals surface area contributed by atoms with Crippen LogP contribution < -0.4 is 5.32 Å². The Bertz CT molecular complexity index is 656. The predicted octanol–water partition coefficient (Wildman–Crippen LogP) is 4.20. The smallest absolute Gasteiger partial charge is 0.304 e. The van der Waals surface area contributed by atoms with Crippen LogP contribution in [0.2, 0.25) is 0 Å². The Morgan fingerprint density at radius 2 is 2.17 bits per heavy atom. The molecule has 0 radical (unpaired) electrons. The van der Waals surface area contributed by atoms with E-state index in [-0.39, 0.29) is 18.2 Å². The van der Waals surface area contributed by atoms with E-state index in [2.05, 4.69) is 5.32 Å². The summed E-state index contributed by atoms with van der Waals surface area (Å²) in [4.78, 5) is 22.8. The number of amides is 1. The Hall–Kier alpha value is -1.79. The molecule has 1 aromatic carbocycles.